The van der Waals surface area contributed by atoms with Crippen LogP contribution in [0.4, 0.5) is 0 Å². The molecule has 1 aromatic heterocycles. The second-order valence-corrected chi connectivity index (χ2v) is 7.46. The fraction of sp³-hybridized carbons (Fsp3) is 0.722. The molecule has 1 fully saturated rings. The van der Waals surface area contributed by atoms with E-state index in [0.717, 1.165) is 19.5 Å². The number of amides is 1. The van der Waals surface area contributed by atoms with Gasteiger partial charge in [0.1, 0.15) is 11.3 Å². The van der Waals surface area contributed by atoms with Crippen molar-refractivity contribution in [1.82, 2.24) is 10.1 Å². The predicted molar refractivity (Wildman–Crippen MR) is 89.5 cm³/mol. The molecule has 24 heavy (non-hydrogen) atoms. The molecule has 0 aliphatic carbocycles. The van der Waals surface area contributed by atoms with E-state index < -0.39 is 12.1 Å². The molecule has 6 heteroatoms. The molecule has 6 nitrogen and oxygen atoms in total. The van der Waals surface area contributed by atoms with Crippen LogP contribution in [0.5, 0.6) is 0 Å². The molecule has 0 bridgehead atoms. The molecule has 2 rings (SSSR count). The van der Waals surface area contributed by atoms with E-state index in [-0.39, 0.29) is 11.8 Å². The summed E-state index contributed by atoms with van der Waals surface area (Å²) in [5.74, 6) is 0.578. The summed E-state index contributed by atoms with van der Waals surface area (Å²) in [6.45, 7) is 12.9. The molecule has 0 N–H and O–H groups in total. The maximum absolute atomic E-state index is 12.9. The first kappa shape index (κ1) is 18.5. The van der Waals surface area contributed by atoms with Gasteiger partial charge in [-0.2, -0.15) is 0 Å². The number of esters is 1. The van der Waals surface area contributed by atoms with E-state index in [4.69, 9.17) is 9.26 Å². The van der Waals surface area contributed by atoms with Crippen molar-refractivity contribution in [3.63, 3.8) is 0 Å². The van der Waals surface area contributed by atoms with Gasteiger partial charge >= 0.3 is 5.97 Å². The Bertz CT molecular complexity index is 579. The Kier molecular flexibility index (Phi) is 5.67. The SMILES string of the molecule is Cc1noc(C)c1C(=O)O[C@H](C(=O)N1C[C@H](C)C[C@@H](C)C1)C(C)C. The number of ether oxygens (including phenoxy) is 1. The Labute approximate surface area is 143 Å². The Hall–Kier alpha value is -1.85. The number of piperidine rings is 1. The molecule has 0 aromatic carbocycles. The van der Waals surface area contributed by atoms with Crippen LogP contribution in [0.1, 0.15) is 55.9 Å². The number of carbonyl (C=O) groups excluding carboxylic acids is 2. The average molecular weight is 336 g/mol. The lowest BCUT2D eigenvalue weighted by atomic mass is 9.91. The number of likely N-dealkylation sites (tertiary alicyclic amines) is 1. The highest BCUT2D eigenvalue weighted by molar-refractivity contribution is 5.94. The standard InChI is InChI=1S/C18H28N2O4/c1-10(2)16(17(21)20-8-11(3)7-12(4)9-20)23-18(22)15-13(5)19-24-14(15)6/h10-12,16H,7-9H2,1-6H3/t11-,12-,16+/m1/s1. The summed E-state index contributed by atoms with van der Waals surface area (Å²) in [5, 5.41) is 3.77. The Balaban J connectivity index is 2.14. The molecule has 1 aliphatic rings. The van der Waals surface area contributed by atoms with E-state index >= 15 is 0 Å². The molecular weight excluding hydrogens is 308 g/mol. The number of hydrogen-bond donors (Lipinski definition) is 0. The summed E-state index contributed by atoms with van der Waals surface area (Å²) < 4.78 is 10.6. The Morgan fingerprint density at radius 2 is 1.79 bits per heavy atom. The van der Waals surface area contributed by atoms with Gasteiger partial charge in [0.2, 0.25) is 0 Å². The first-order valence-corrected chi connectivity index (χ1v) is 8.63. The number of aromatic nitrogens is 1. The third kappa shape index (κ3) is 3.97. The second kappa shape index (κ2) is 7.36. The van der Waals surface area contributed by atoms with Crippen molar-refractivity contribution in [3.05, 3.63) is 17.0 Å². The zero-order chi connectivity index (χ0) is 18.0. The molecule has 0 radical (unpaired) electrons. The van der Waals surface area contributed by atoms with E-state index in [1.54, 1.807) is 13.8 Å². The van der Waals surface area contributed by atoms with Gasteiger partial charge in [-0.15, -0.1) is 0 Å². The lowest BCUT2D eigenvalue weighted by molar-refractivity contribution is -0.145. The van der Waals surface area contributed by atoms with Crippen molar-refractivity contribution in [3.8, 4) is 0 Å². The molecule has 1 saturated heterocycles. The second-order valence-electron chi connectivity index (χ2n) is 7.46. The highest BCUT2D eigenvalue weighted by Gasteiger charge is 2.35. The molecule has 3 atom stereocenters. The fourth-order valence-corrected chi connectivity index (χ4v) is 3.44. The van der Waals surface area contributed by atoms with Gasteiger partial charge in [0.05, 0.1) is 5.69 Å². The van der Waals surface area contributed by atoms with Crippen LogP contribution in [-0.2, 0) is 9.53 Å². The first-order chi connectivity index (χ1) is 11.2. The van der Waals surface area contributed by atoms with Crippen LogP contribution in [0.25, 0.3) is 0 Å². The van der Waals surface area contributed by atoms with Crippen molar-refractivity contribution in [2.24, 2.45) is 17.8 Å². The van der Waals surface area contributed by atoms with Gasteiger partial charge in [0.25, 0.3) is 5.91 Å². The van der Waals surface area contributed by atoms with Crippen LogP contribution in [0, 0.1) is 31.6 Å². The maximum Gasteiger partial charge on any atom is 0.344 e. The Morgan fingerprint density at radius 3 is 2.25 bits per heavy atom. The van der Waals surface area contributed by atoms with E-state index in [1.165, 1.54) is 0 Å². The lowest BCUT2D eigenvalue weighted by Crippen LogP contribution is -2.49. The van der Waals surface area contributed by atoms with Crippen molar-refractivity contribution in [1.29, 1.82) is 0 Å². The van der Waals surface area contributed by atoms with E-state index in [9.17, 15) is 9.59 Å². The minimum atomic E-state index is -0.788. The zero-order valence-electron chi connectivity index (χ0n) is 15.5. The molecule has 1 aliphatic heterocycles. The minimum absolute atomic E-state index is 0.102. The third-order valence-corrected chi connectivity index (χ3v) is 4.50. The smallest absolute Gasteiger partial charge is 0.344 e. The van der Waals surface area contributed by atoms with Crippen LogP contribution < -0.4 is 0 Å². The normalized spacial score (nSPS) is 22.5. The van der Waals surface area contributed by atoms with Crippen molar-refractivity contribution < 1.29 is 18.8 Å². The average Bonchev–Trinajstić information content (AvgIpc) is 2.81. The van der Waals surface area contributed by atoms with Crippen LogP contribution in [0.2, 0.25) is 0 Å². The molecule has 0 saturated carbocycles. The lowest BCUT2D eigenvalue weighted by Gasteiger charge is -2.37. The van der Waals surface area contributed by atoms with Gasteiger partial charge in [-0.25, -0.2) is 4.79 Å². The molecule has 134 valence electrons. The van der Waals surface area contributed by atoms with Crippen LogP contribution in [-0.4, -0.2) is 41.1 Å². The highest BCUT2D eigenvalue weighted by Crippen LogP contribution is 2.24. The highest BCUT2D eigenvalue weighted by atomic mass is 16.6. The topological polar surface area (TPSA) is 72.6 Å². The molecule has 0 unspecified atom stereocenters. The summed E-state index contributed by atoms with van der Waals surface area (Å²) in [5.41, 5.74) is 0.793. The quantitative estimate of drug-likeness (QED) is 0.790. The first-order valence-electron chi connectivity index (χ1n) is 8.63. The van der Waals surface area contributed by atoms with Crippen molar-refractivity contribution in [2.75, 3.05) is 13.1 Å². The molecule has 1 aromatic rings. The van der Waals surface area contributed by atoms with Crippen molar-refractivity contribution >= 4 is 11.9 Å². The number of rotatable bonds is 4. The third-order valence-electron chi connectivity index (χ3n) is 4.50. The summed E-state index contributed by atoms with van der Waals surface area (Å²) in [4.78, 5) is 27.2. The number of nitrogens with zero attached hydrogens (tertiary/aromatic N) is 2. The van der Waals surface area contributed by atoms with Crippen LogP contribution in [0.15, 0.2) is 4.52 Å². The number of carbonyl (C=O) groups is 2. The summed E-state index contributed by atoms with van der Waals surface area (Å²) in [6.07, 6.45) is 0.332. The predicted octanol–water partition coefficient (Wildman–Crippen LogP) is 2.98. The van der Waals surface area contributed by atoms with Gasteiger partial charge in [0, 0.05) is 13.1 Å². The van der Waals surface area contributed by atoms with Gasteiger partial charge in [-0.1, -0.05) is 32.9 Å². The number of hydrogen-bond acceptors (Lipinski definition) is 5. The van der Waals surface area contributed by atoms with E-state index in [1.807, 2.05) is 18.7 Å². The molecule has 2 heterocycles. The molecule has 1 amide bonds. The summed E-state index contributed by atoms with van der Waals surface area (Å²) in [6, 6.07) is 0. The van der Waals surface area contributed by atoms with Crippen LogP contribution in [0.3, 0.4) is 0 Å². The maximum atomic E-state index is 12.9. The van der Waals surface area contributed by atoms with E-state index in [2.05, 4.69) is 19.0 Å². The summed E-state index contributed by atoms with van der Waals surface area (Å²) >= 11 is 0. The summed E-state index contributed by atoms with van der Waals surface area (Å²) in [7, 11) is 0. The minimum Gasteiger partial charge on any atom is -0.448 e. The number of aryl methyl sites for hydroxylation is 2. The Morgan fingerprint density at radius 1 is 1.21 bits per heavy atom. The van der Waals surface area contributed by atoms with Crippen molar-refractivity contribution in [2.45, 2.75) is 54.1 Å². The zero-order valence-corrected chi connectivity index (χ0v) is 15.5. The van der Waals surface area contributed by atoms with E-state index in [0.29, 0.717) is 28.9 Å². The fourth-order valence-electron chi connectivity index (χ4n) is 3.44. The van der Waals surface area contributed by atoms with Gasteiger partial charge < -0.3 is 14.2 Å². The van der Waals surface area contributed by atoms with Gasteiger partial charge in [0.15, 0.2) is 6.10 Å². The van der Waals surface area contributed by atoms with Gasteiger partial charge in [-0.3, -0.25) is 4.79 Å². The van der Waals surface area contributed by atoms with Crippen LogP contribution >= 0.6 is 0 Å². The largest absolute Gasteiger partial charge is 0.448 e. The molecule has 0 spiro atoms. The van der Waals surface area contributed by atoms with Gasteiger partial charge in [-0.05, 0) is 38.0 Å². The molecular formula is C18H28N2O4. The monoisotopic (exact) mass is 336 g/mol.